The van der Waals surface area contributed by atoms with Gasteiger partial charge in [0.15, 0.2) is 0 Å². The van der Waals surface area contributed by atoms with Crippen LogP contribution < -0.4 is 0 Å². The van der Waals surface area contributed by atoms with Gasteiger partial charge in [-0.05, 0) is 43.2 Å². The molecule has 1 nitrogen and oxygen atoms in total. The third-order valence-corrected chi connectivity index (χ3v) is 4.66. The Balaban J connectivity index is 1.80. The molecule has 0 aliphatic carbocycles. The van der Waals surface area contributed by atoms with E-state index in [1.807, 2.05) is 0 Å². The fourth-order valence-corrected chi connectivity index (χ4v) is 3.39. The second-order valence-corrected chi connectivity index (χ2v) is 6.28. The highest BCUT2D eigenvalue weighted by Crippen LogP contribution is 2.30. The highest BCUT2D eigenvalue weighted by molar-refractivity contribution is 6.08. The van der Waals surface area contributed by atoms with E-state index in [1.54, 1.807) is 0 Å². The molecule has 0 aliphatic rings. The number of rotatable bonds is 3. The fraction of sp³-hybridized carbons (Fsp3) is 0.130. The van der Waals surface area contributed by atoms with Crippen molar-refractivity contribution in [1.29, 1.82) is 0 Å². The maximum atomic E-state index is 2.39. The first-order valence-corrected chi connectivity index (χ1v) is 8.52. The Hall–Kier alpha value is -2.80. The largest absolute Gasteiger partial charge is 0.341 e. The predicted octanol–water partition coefficient (Wildman–Crippen LogP) is 6.29. The van der Waals surface area contributed by atoms with Crippen LogP contribution in [0.4, 0.5) is 0 Å². The quantitative estimate of drug-likeness (QED) is 0.392. The van der Waals surface area contributed by atoms with Gasteiger partial charge in [0.05, 0.1) is 0 Å². The molecule has 4 rings (SSSR count). The molecule has 0 unspecified atom stereocenters. The summed E-state index contributed by atoms with van der Waals surface area (Å²) in [7, 11) is 0. The molecule has 0 amide bonds. The van der Waals surface area contributed by atoms with Crippen LogP contribution in [0.25, 0.3) is 34.0 Å². The SMILES string of the molecule is CCn1c2ccccc2c2cc(C=Cc3ccc(C)cc3)ccc21. The van der Waals surface area contributed by atoms with E-state index in [-0.39, 0.29) is 0 Å². The van der Waals surface area contributed by atoms with Gasteiger partial charge < -0.3 is 4.57 Å². The van der Waals surface area contributed by atoms with Gasteiger partial charge in [0.2, 0.25) is 0 Å². The summed E-state index contributed by atoms with van der Waals surface area (Å²) in [5, 5.41) is 2.67. The highest BCUT2D eigenvalue weighted by Gasteiger charge is 2.08. The van der Waals surface area contributed by atoms with E-state index in [9.17, 15) is 0 Å². The Labute approximate surface area is 142 Å². The van der Waals surface area contributed by atoms with E-state index >= 15 is 0 Å². The van der Waals surface area contributed by atoms with Crippen molar-refractivity contribution in [3.05, 3.63) is 83.4 Å². The number of benzene rings is 3. The van der Waals surface area contributed by atoms with Crippen LogP contribution in [0.5, 0.6) is 0 Å². The minimum absolute atomic E-state index is 0.989. The Morgan fingerprint density at radius 3 is 2.21 bits per heavy atom. The average Bonchev–Trinajstić information content (AvgIpc) is 2.94. The molecule has 1 heterocycles. The summed E-state index contributed by atoms with van der Waals surface area (Å²) in [4.78, 5) is 0. The van der Waals surface area contributed by atoms with E-state index in [2.05, 4.69) is 97.3 Å². The van der Waals surface area contributed by atoms with Crippen LogP contribution in [0.2, 0.25) is 0 Å². The first kappa shape index (κ1) is 14.8. The van der Waals surface area contributed by atoms with Gasteiger partial charge >= 0.3 is 0 Å². The summed E-state index contributed by atoms with van der Waals surface area (Å²) in [5.41, 5.74) is 6.39. The monoisotopic (exact) mass is 311 g/mol. The van der Waals surface area contributed by atoms with Crippen molar-refractivity contribution >= 4 is 34.0 Å². The van der Waals surface area contributed by atoms with E-state index in [1.165, 1.54) is 38.5 Å². The van der Waals surface area contributed by atoms with Crippen LogP contribution >= 0.6 is 0 Å². The predicted molar refractivity (Wildman–Crippen MR) is 105 cm³/mol. The topological polar surface area (TPSA) is 4.93 Å². The summed E-state index contributed by atoms with van der Waals surface area (Å²) < 4.78 is 2.39. The number of para-hydroxylation sites is 1. The second kappa shape index (κ2) is 6.01. The molecule has 0 aliphatic heterocycles. The molecular formula is C23H21N. The molecule has 24 heavy (non-hydrogen) atoms. The van der Waals surface area contributed by atoms with Crippen LogP contribution in [0.15, 0.2) is 66.7 Å². The molecule has 0 spiro atoms. The summed E-state index contributed by atoms with van der Waals surface area (Å²) in [6, 6.07) is 24.0. The molecule has 118 valence electrons. The maximum absolute atomic E-state index is 2.39. The second-order valence-electron chi connectivity index (χ2n) is 6.28. The Bertz CT molecular complexity index is 1030. The lowest BCUT2D eigenvalue weighted by atomic mass is 10.1. The van der Waals surface area contributed by atoms with Crippen molar-refractivity contribution in [3.63, 3.8) is 0 Å². The average molecular weight is 311 g/mol. The standard InChI is InChI=1S/C23H21N/c1-3-24-22-7-5-4-6-20(22)21-16-19(14-15-23(21)24)13-12-18-10-8-17(2)9-11-18/h4-16H,3H2,1-2H3. The van der Waals surface area contributed by atoms with Crippen LogP contribution in [0.1, 0.15) is 23.6 Å². The molecule has 0 saturated carbocycles. The molecule has 1 heteroatoms. The Kier molecular flexibility index (Phi) is 3.70. The van der Waals surface area contributed by atoms with Crippen molar-refractivity contribution in [2.45, 2.75) is 20.4 Å². The lowest BCUT2D eigenvalue weighted by molar-refractivity contribution is 0.827. The lowest BCUT2D eigenvalue weighted by Crippen LogP contribution is -1.92. The molecule has 0 radical (unpaired) electrons. The van der Waals surface area contributed by atoms with Gasteiger partial charge in [-0.3, -0.25) is 0 Å². The number of aromatic nitrogens is 1. The molecule has 1 aromatic heterocycles. The molecule has 4 aromatic rings. The van der Waals surface area contributed by atoms with Gasteiger partial charge in [-0.1, -0.05) is 66.2 Å². The van der Waals surface area contributed by atoms with E-state index in [0.717, 1.165) is 6.54 Å². The zero-order valence-corrected chi connectivity index (χ0v) is 14.2. The summed E-state index contributed by atoms with van der Waals surface area (Å²) in [6.45, 7) is 5.31. The summed E-state index contributed by atoms with van der Waals surface area (Å²) in [5.74, 6) is 0. The molecule has 0 N–H and O–H groups in total. The van der Waals surface area contributed by atoms with Gasteiger partial charge in [-0.15, -0.1) is 0 Å². The van der Waals surface area contributed by atoms with Crippen molar-refractivity contribution in [2.24, 2.45) is 0 Å². The summed E-state index contributed by atoms with van der Waals surface area (Å²) >= 11 is 0. The van der Waals surface area contributed by atoms with Crippen molar-refractivity contribution < 1.29 is 0 Å². The lowest BCUT2D eigenvalue weighted by Gasteiger charge is -2.02. The minimum atomic E-state index is 0.989. The van der Waals surface area contributed by atoms with Gasteiger partial charge in [0.1, 0.15) is 0 Å². The Morgan fingerprint density at radius 2 is 1.42 bits per heavy atom. The van der Waals surface area contributed by atoms with Gasteiger partial charge in [0, 0.05) is 28.4 Å². The fourth-order valence-electron chi connectivity index (χ4n) is 3.39. The highest BCUT2D eigenvalue weighted by atomic mass is 15.0. The minimum Gasteiger partial charge on any atom is -0.341 e. The zero-order chi connectivity index (χ0) is 16.5. The molecule has 0 bridgehead atoms. The van der Waals surface area contributed by atoms with Gasteiger partial charge in [0.25, 0.3) is 0 Å². The number of aryl methyl sites for hydroxylation is 2. The molecule has 0 fully saturated rings. The van der Waals surface area contributed by atoms with Crippen molar-refractivity contribution in [1.82, 2.24) is 4.57 Å². The first-order valence-electron chi connectivity index (χ1n) is 8.52. The zero-order valence-electron chi connectivity index (χ0n) is 14.2. The Morgan fingerprint density at radius 1 is 0.750 bits per heavy atom. The summed E-state index contributed by atoms with van der Waals surface area (Å²) in [6.07, 6.45) is 4.38. The van der Waals surface area contributed by atoms with E-state index in [0.29, 0.717) is 0 Å². The number of hydrogen-bond donors (Lipinski definition) is 0. The maximum Gasteiger partial charge on any atom is 0.0491 e. The third-order valence-electron chi connectivity index (χ3n) is 4.66. The molecule has 0 atom stereocenters. The van der Waals surface area contributed by atoms with Crippen LogP contribution in [-0.2, 0) is 6.54 Å². The first-order chi connectivity index (χ1) is 11.8. The molecule has 0 saturated heterocycles. The van der Waals surface area contributed by atoms with Crippen LogP contribution in [-0.4, -0.2) is 4.57 Å². The van der Waals surface area contributed by atoms with Gasteiger partial charge in [-0.25, -0.2) is 0 Å². The number of fused-ring (bicyclic) bond motifs is 3. The molecular weight excluding hydrogens is 290 g/mol. The normalized spacial score (nSPS) is 11.8. The third kappa shape index (κ3) is 2.52. The smallest absolute Gasteiger partial charge is 0.0491 e. The van der Waals surface area contributed by atoms with Crippen molar-refractivity contribution in [2.75, 3.05) is 0 Å². The van der Waals surface area contributed by atoms with Crippen molar-refractivity contribution in [3.8, 4) is 0 Å². The number of hydrogen-bond acceptors (Lipinski definition) is 0. The van der Waals surface area contributed by atoms with E-state index < -0.39 is 0 Å². The van der Waals surface area contributed by atoms with E-state index in [4.69, 9.17) is 0 Å². The molecule has 3 aromatic carbocycles. The van der Waals surface area contributed by atoms with Gasteiger partial charge in [-0.2, -0.15) is 0 Å². The van der Waals surface area contributed by atoms with Crippen LogP contribution in [0, 0.1) is 6.92 Å². The number of nitrogens with zero attached hydrogens (tertiary/aromatic N) is 1. The van der Waals surface area contributed by atoms with Crippen LogP contribution in [0.3, 0.4) is 0 Å².